The quantitative estimate of drug-likeness (QED) is 0.785. The number of amides is 1. The van der Waals surface area contributed by atoms with Crippen LogP contribution >= 0.6 is 0 Å². The second-order valence-electron chi connectivity index (χ2n) is 4.00. The number of aliphatic hydroxyl groups excluding tert-OH is 1. The smallest absolute Gasteiger partial charge is 0.232 e. The normalized spacial score (nSPS) is 12.9. The van der Waals surface area contributed by atoms with Crippen molar-refractivity contribution in [2.45, 2.75) is 13.8 Å². The number of rotatable bonds is 4. The summed E-state index contributed by atoms with van der Waals surface area (Å²) >= 11 is 0. The molecule has 4 nitrogen and oxygen atoms in total. The number of hydrogen-bond donors (Lipinski definition) is 2. The van der Waals surface area contributed by atoms with Crippen LogP contribution in [0.3, 0.4) is 0 Å². The summed E-state index contributed by atoms with van der Waals surface area (Å²) in [5.74, 6) is -0.235. The number of anilines is 1. The number of nitrogens with zero attached hydrogens (tertiary/aromatic N) is 1. The molecule has 15 heavy (non-hydrogen) atoms. The number of aromatic amines is 1. The fourth-order valence-electron chi connectivity index (χ4n) is 1.47. The molecule has 0 aliphatic heterocycles. The summed E-state index contributed by atoms with van der Waals surface area (Å²) in [6.45, 7) is 3.76. The summed E-state index contributed by atoms with van der Waals surface area (Å²) in [7, 11) is 1.72. The zero-order chi connectivity index (χ0) is 11.4. The molecule has 0 spiro atoms. The molecule has 1 amide bonds. The molecule has 1 aromatic rings. The highest BCUT2D eigenvalue weighted by atomic mass is 16.3. The molecule has 0 fully saturated rings. The van der Waals surface area contributed by atoms with Crippen LogP contribution in [0.15, 0.2) is 18.5 Å². The molecule has 0 aromatic carbocycles. The lowest BCUT2D eigenvalue weighted by Crippen LogP contribution is -2.37. The minimum absolute atomic E-state index is 0.0490. The highest BCUT2D eigenvalue weighted by Gasteiger charge is 2.25. The second-order valence-corrected chi connectivity index (χ2v) is 4.00. The van der Waals surface area contributed by atoms with E-state index in [1.165, 1.54) is 0 Å². The minimum atomic E-state index is -0.329. The van der Waals surface area contributed by atoms with Gasteiger partial charge in [-0.05, 0) is 12.0 Å². The van der Waals surface area contributed by atoms with Gasteiger partial charge >= 0.3 is 0 Å². The third-order valence-electron chi connectivity index (χ3n) is 2.62. The van der Waals surface area contributed by atoms with E-state index >= 15 is 0 Å². The van der Waals surface area contributed by atoms with Crippen LogP contribution < -0.4 is 4.90 Å². The van der Waals surface area contributed by atoms with Crippen LogP contribution in [-0.2, 0) is 4.79 Å². The van der Waals surface area contributed by atoms with Gasteiger partial charge in [0, 0.05) is 19.4 Å². The summed E-state index contributed by atoms with van der Waals surface area (Å²) < 4.78 is 0. The van der Waals surface area contributed by atoms with Crippen molar-refractivity contribution in [2.75, 3.05) is 18.6 Å². The Hall–Kier alpha value is -1.29. The van der Waals surface area contributed by atoms with Crippen molar-refractivity contribution in [3.63, 3.8) is 0 Å². The van der Waals surface area contributed by atoms with Gasteiger partial charge in [0.15, 0.2) is 0 Å². The number of aliphatic hydroxyl groups is 1. The molecule has 1 unspecified atom stereocenters. The van der Waals surface area contributed by atoms with Gasteiger partial charge in [0.05, 0.1) is 18.2 Å². The average Bonchev–Trinajstić information content (AvgIpc) is 2.69. The van der Waals surface area contributed by atoms with E-state index < -0.39 is 0 Å². The Morgan fingerprint density at radius 1 is 1.60 bits per heavy atom. The van der Waals surface area contributed by atoms with Crippen LogP contribution in [-0.4, -0.2) is 29.7 Å². The summed E-state index contributed by atoms with van der Waals surface area (Å²) in [6.07, 6.45) is 3.52. The number of hydrogen-bond acceptors (Lipinski definition) is 2. The highest BCUT2D eigenvalue weighted by molar-refractivity contribution is 5.94. The SMILES string of the molecule is CC(C)C(CO)C(=O)N(C)c1cc[nH]c1. The van der Waals surface area contributed by atoms with Crippen molar-refractivity contribution in [1.29, 1.82) is 0 Å². The summed E-state index contributed by atoms with van der Waals surface area (Å²) in [5.41, 5.74) is 0.819. The summed E-state index contributed by atoms with van der Waals surface area (Å²) in [6, 6.07) is 1.83. The van der Waals surface area contributed by atoms with Crippen LogP contribution in [0.4, 0.5) is 5.69 Å². The average molecular weight is 210 g/mol. The third-order valence-corrected chi connectivity index (χ3v) is 2.62. The summed E-state index contributed by atoms with van der Waals surface area (Å²) in [5, 5.41) is 9.16. The van der Waals surface area contributed by atoms with E-state index in [2.05, 4.69) is 4.98 Å². The third kappa shape index (κ3) is 2.59. The monoisotopic (exact) mass is 210 g/mol. The van der Waals surface area contributed by atoms with Gasteiger partial charge in [0.2, 0.25) is 5.91 Å². The maximum Gasteiger partial charge on any atom is 0.232 e. The molecule has 1 rings (SSSR count). The highest BCUT2D eigenvalue weighted by Crippen LogP contribution is 2.18. The van der Waals surface area contributed by atoms with Crippen molar-refractivity contribution in [2.24, 2.45) is 11.8 Å². The molecule has 1 atom stereocenters. The zero-order valence-corrected chi connectivity index (χ0v) is 9.40. The Labute approximate surface area is 89.9 Å². The Kier molecular flexibility index (Phi) is 3.91. The maximum absolute atomic E-state index is 12.0. The number of nitrogens with one attached hydrogen (secondary N) is 1. The first-order chi connectivity index (χ1) is 7.07. The molecule has 1 heterocycles. The van der Waals surface area contributed by atoms with E-state index in [1.807, 2.05) is 19.9 Å². The maximum atomic E-state index is 12.0. The molecule has 84 valence electrons. The number of carbonyl (C=O) groups excluding carboxylic acids is 1. The minimum Gasteiger partial charge on any atom is -0.396 e. The summed E-state index contributed by atoms with van der Waals surface area (Å²) in [4.78, 5) is 16.4. The Morgan fingerprint density at radius 2 is 2.27 bits per heavy atom. The molecule has 1 aromatic heterocycles. The number of aromatic nitrogens is 1. The van der Waals surface area contributed by atoms with Gasteiger partial charge in [-0.1, -0.05) is 13.8 Å². The Bertz CT molecular complexity index is 306. The molecule has 4 heteroatoms. The van der Waals surface area contributed by atoms with E-state index in [0.29, 0.717) is 0 Å². The van der Waals surface area contributed by atoms with Crippen molar-refractivity contribution >= 4 is 11.6 Å². The second kappa shape index (κ2) is 4.98. The van der Waals surface area contributed by atoms with E-state index in [9.17, 15) is 4.79 Å². The van der Waals surface area contributed by atoms with E-state index in [0.717, 1.165) is 5.69 Å². The molecular weight excluding hydrogens is 192 g/mol. The molecule has 0 aliphatic carbocycles. The van der Waals surface area contributed by atoms with Crippen LogP contribution in [0.5, 0.6) is 0 Å². The molecule has 0 aliphatic rings. The van der Waals surface area contributed by atoms with Gasteiger partial charge in [0.1, 0.15) is 0 Å². The van der Waals surface area contributed by atoms with E-state index in [4.69, 9.17) is 5.11 Å². The molecular formula is C11H18N2O2. The van der Waals surface area contributed by atoms with Crippen molar-refractivity contribution in [1.82, 2.24) is 4.98 Å². The first-order valence-corrected chi connectivity index (χ1v) is 5.09. The van der Waals surface area contributed by atoms with Crippen molar-refractivity contribution in [3.05, 3.63) is 18.5 Å². The van der Waals surface area contributed by atoms with Gasteiger partial charge in [-0.3, -0.25) is 4.79 Å². The van der Waals surface area contributed by atoms with Gasteiger partial charge < -0.3 is 15.0 Å². The Balaban J connectivity index is 2.75. The van der Waals surface area contributed by atoms with Gasteiger partial charge in [-0.15, -0.1) is 0 Å². The first kappa shape index (κ1) is 11.8. The first-order valence-electron chi connectivity index (χ1n) is 5.09. The van der Waals surface area contributed by atoms with Crippen LogP contribution in [0.1, 0.15) is 13.8 Å². The lowest BCUT2D eigenvalue weighted by molar-refractivity contribution is -0.124. The zero-order valence-electron chi connectivity index (χ0n) is 9.40. The molecule has 0 radical (unpaired) electrons. The molecule has 0 saturated carbocycles. The topological polar surface area (TPSA) is 56.3 Å². The number of H-pyrrole nitrogens is 1. The fraction of sp³-hybridized carbons (Fsp3) is 0.545. The largest absolute Gasteiger partial charge is 0.396 e. The van der Waals surface area contributed by atoms with Crippen LogP contribution in [0.2, 0.25) is 0 Å². The fourth-order valence-corrected chi connectivity index (χ4v) is 1.47. The van der Waals surface area contributed by atoms with Gasteiger partial charge in [-0.2, -0.15) is 0 Å². The Morgan fingerprint density at radius 3 is 2.67 bits per heavy atom. The lowest BCUT2D eigenvalue weighted by Gasteiger charge is -2.23. The predicted molar refractivity (Wildman–Crippen MR) is 59.6 cm³/mol. The standard InChI is InChI=1S/C11H18N2O2/c1-8(2)10(7-14)11(15)13(3)9-4-5-12-6-9/h4-6,8,10,12,14H,7H2,1-3H3. The lowest BCUT2D eigenvalue weighted by atomic mass is 9.95. The molecule has 0 saturated heterocycles. The molecule has 0 bridgehead atoms. The van der Waals surface area contributed by atoms with Crippen LogP contribution in [0, 0.1) is 11.8 Å². The number of carbonyl (C=O) groups is 1. The molecule has 2 N–H and O–H groups in total. The predicted octanol–water partition coefficient (Wildman–Crippen LogP) is 1.24. The van der Waals surface area contributed by atoms with Crippen molar-refractivity contribution < 1.29 is 9.90 Å². The van der Waals surface area contributed by atoms with Gasteiger partial charge in [-0.25, -0.2) is 0 Å². The van der Waals surface area contributed by atoms with E-state index in [-0.39, 0.29) is 24.3 Å². The van der Waals surface area contributed by atoms with Crippen LogP contribution in [0.25, 0.3) is 0 Å². The van der Waals surface area contributed by atoms with Gasteiger partial charge in [0.25, 0.3) is 0 Å². The van der Waals surface area contributed by atoms with Crippen molar-refractivity contribution in [3.8, 4) is 0 Å². The van der Waals surface area contributed by atoms with E-state index in [1.54, 1.807) is 24.3 Å².